The summed E-state index contributed by atoms with van der Waals surface area (Å²) >= 11 is 0. The molecule has 0 fully saturated rings. The number of carbonyl (C=O) groups is 2. The van der Waals surface area contributed by atoms with Gasteiger partial charge in [-0.15, -0.1) is 0 Å². The molecular weight excluding hydrogens is 299 g/mol. The number of likely N-dealkylation sites (N-methyl/N-ethyl adjacent to an activating group) is 1. The lowest BCUT2D eigenvalue weighted by Crippen LogP contribution is -2.52. The highest BCUT2D eigenvalue weighted by Crippen LogP contribution is 2.23. The molecule has 0 bridgehead atoms. The molecule has 0 aliphatic carbocycles. The molecule has 1 amide bonds. The third kappa shape index (κ3) is 4.51. The zero-order valence-electron chi connectivity index (χ0n) is 14.5. The molecule has 5 nitrogen and oxygen atoms in total. The van der Waals surface area contributed by atoms with E-state index in [1.165, 1.54) is 13.2 Å². The van der Waals surface area contributed by atoms with Crippen molar-refractivity contribution in [1.82, 2.24) is 0 Å². The van der Waals surface area contributed by atoms with Crippen LogP contribution in [0.5, 0.6) is 0 Å². The number of amides is 1. The van der Waals surface area contributed by atoms with Crippen LogP contribution in [0.4, 0.5) is 10.1 Å². The van der Waals surface area contributed by atoms with Gasteiger partial charge in [-0.05, 0) is 45.4 Å². The lowest BCUT2D eigenvalue weighted by molar-refractivity contribution is -0.915. The number of aryl methyl sites for hydroxylation is 1. The van der Waals surface area contributed by atoms with E-state index in [1.54, 1.807) is 6.92 Å². The number of ether oxygens (including phenoxy) is 1. The summed E-state index contributed by atoms with van der Waals surface area (Å²) in [5.41, 5.74) is 0.826. The van der Waals surface area contributed by atoms with Crippen LogP contribution in [0.25, 0.3) is 0 Å². The van der Waals surface area contributed by atoms with Crippen LogP contribution in [0, 0.1) is 12.7 Å². The minimum atomic E-state index is -0.676. The van der Waals surface area contributed by atoms with E-state index in [0.29, 0.717) is 22.3 Å². The van der Waals surface area contributed by atoms with Gasteiger partial charge in [-0.3, -0.25) is 4.79 Å². The Labute approximate surface area is 137 Å². The van der Waals surface area contributed by atoms with E-state index < -0.39 is 11.8 Å². The first-order valence-electron chi connectivity index (χ1n) is 7.85. The number of carbonyl (C=O) groups excluding carboxylic acids is 2. The Morgan fingerprint density at radius 1 is 1.17 bits per heavy atom. The summed E-state index contributed by atoms with van der Waals surface area (Å²) in [7, 11) is 1.22. The van der Waals surface area contributed by atoms with Gasteiger partial charge in [0.15, 0.2) is 6.54 Å². The molecule has 6 heteroatoms. The zero-order chi connectivity index (χ0) is 17.6. The largest absolute Gasteiger partial charge is 0.465 e. The summed E-state index contributed by atoms with van der Waals surface area (Å²) in [4.78, 5) is 24.3. The van der Waals surface area contributed by atoms with Crippen molar-refractivity contribution in [2.45, 2.75) is 27.7 Å². The van der Waals surface area contributed by atoms with Gasteiger partial charge in [0.25, 0.3) is 5.91 Å². The first-order chi connectivity index (χ1) is 10.8. The molecule has 1 rings (SSSR count). The van der Waals surface area contributed by atoms with Crippen LogP contribution >= 0.6 is 0 Å². The van der Waals surface area contributed by atoms with Crippen LogP contribution in [0.15, 0.2) is 12.1 Å². The monoisotopic (exact) mass is 325 g/mol. The van der Waals surface area contributed by atoms with Crippen molar-refractivity contribution >= 4 is 17.6 Å². The van der Waals surface area contributed by atoms with E-state index in [9.17, 15) is 14.0 Å². The predicted octanol–water partition coefficient (Wildman–Crippen LogP) is 2.74. The second-order valence-corrected chi connectivity index (χ2v) is 5.63. The maximum atomic E-state index is 13.6. The van der Waals surface area contributed by atoms with E-state index in [2.05, 4.69) is 10.1 Å². The Morgan fingerprint density at radius 3 is 2.22 bits per heavy atom. The quantitative estimate of drug-likeness (QED) is 0.619. The maximum absolute atomic E-state index is 13.6. The highest BCUT2D eigenvalue weighted by molar-refractivity contribution is 6.02. The van der Waals surface area contributed by atoms with E-state index in [0.717, 1.165) is 25.7 Å². The van der Waals surface area contributed by atoms with Gasteiger partial charge in [-0.1, -0.05) is 0 Å². The van der Waals surface area contributed by atoms with Gasteiger partial charge in [0, 0.05) is 0 Å². The number of esters is 1. The molecule has 1 N–H and O–H groups in total. The molecule has 128 valence electrons. The second kappa shape index (κ2) is 8.06. The van der Waals surface area contributed by atoms with Gasteiger partial charge in [-0.25, -0.2) is 9.18 Å². The number of hydrogen-bond donors (Lipinski definition) is 1. The molecule has 0 aromatic heterocycles. The summed E-state index contributed by atoms with van der Waals surface area (Å²) in [6, 6.07) is 2.36. The molecule has 0 saturated heterocycles. The Bertz CT molecular complexity index is 575. The molecule has 0 spiro atoms. The van der Waals surface area contributed by atoms with Crippen LogP contribution in [-0.4, -0.2) is 49.6 Å². The lowest BCUT2D eigenvalue weighted by atomic mass is 10.1. The lowest BCUT2D eigenvalue weighted by Gasteiger charge is -2.35. The van der Waals surface area contributed by atoms with Gasteiger partial charge in [0.05, 0.1) is 38.0 Å². The van der Waals surface area contributed by atoms with Crippen molar-refractivity contribution in [3.8, 4) is 0 Å². The van der Waals surface area contributed by atoms with Crippen LogP contribution in [0.2, 0.25) is 0 Å². The molecule has 1 aromatic carbocycles. The number of methoxy groups -OCH3 is 1. The molecular formula is C17H26FN2O3+. The molecule has 1 aromatic rings. The summed E-state index contributed by atoms with van der Waals surface area (Å²) in [5, 5.41) is 2.76. The fourth-order valence-corrected chi connectivity index (χ4v) is 2.67. The van der Waals surface area contributed by atoms with Gasteiger partial charge >= 0.3 is 5.97 Å². The summed E-state index contributed by atoms with van der Waals surface area (Å²) < 4.78 is 18.9. The van der Waals surface area contributed by atoms with E-state index >= 15 is 0 Å². The molecule has 0 atom stereocenters. The Hall–Kier alpha value is -1.95. The van der Waals surface area contributed by atoms with Crippen molar-refractivity contribution in [2.75, 3.05) is 38.6 Å². The molecule has 0 saturated carbocycles. The SMILES string of the molecule is CC[N+](CC)(CC)CC(=O)Nc1c(C)cc(F)cc1C(=O)OC. The highest BCUT2D eigenvalue weighted by atomic mass is 19.1. The number of quaternary nitrogens is 1. The standard InChI is InChI=1S/C17H25FN2O3/c1-6-20(7-2,8-3)11-15(21)19-16-12(4)9-13(18)10-14(16)17(22)23-5/h9-10H,6-8,11H2,1-5H3/p+1. The molecule has 0 aliphatic rings. The van der Waals surface area contributed by atoms with Crippen LogP contribution in [0.3, 0.4) is 0 Å². The summed E-state index contributed by atoms with van der Waals surface area (Å²) in [6.07, 6.45) is 0. The minimum Gasteiger partial charge on any atom is -0.465 e. The van der Waals surface area contributed by atoms with Crippen molar-refractivity contribution in [3.63, 3.8) is 0 Å². The average molecular weight is 325 g/mol. The van der Waals surface area contributed by atoms with E-state index in [4.69, 9.17) is 0 Å². The van der Waals surface area contributed by atoms with E-state index in [-0.39, 0.29) is 11.5 Å². The minimum absolute atomic E-state index is 0.0287. The fourth-order valence-electron chi connectivity index (χ4n) is 2.67. The number of halogens is 1. The molecule has 0 heterocycles. The Morgan fingerprint density at radius 2 is 1.74 bits per heavy atom. The third-order valence-corrected chi connectivity index (χ3v) is 4.46. The predicted molar refractivity (Wildman–Crippen MR) is 87.9 cm³/mol. The number of anilines is 1. The topological polar surface area (TPSA) is 55.4 Å². The van der Waals surface area contributed by atoms with Gasteiger partial charge in [-0.2, -0.15) is 0 Å². The number of rotatable bonds is 7. The smallest absolute Gasteiger partial charge is 0.340 e. The molecule has 0 aliphatic heterocycles. The van der Waals surface area contributed by atoms with Crippen molar-refractivity contribution in [3.05, 3.63) is 29.1 Å². The summed E-state index contributed by atoms with van der Waals surface area (Å²) in [6.45, 7) is 10.6. The normalized spacial score (nSPS) is 11.2. The zero-order valence-corrected chi connectivity index (χ0v) is 14.5. The van der Waals surface area contributed by atoms with Crippen molar-refractivity contribution in [2.24, 2.45) is 0 Å². The van der Waals surface area contributed by atoms with Crippen LogP contribution < -0.4 is 5.32 Å². The maximum Gasteiger partial charge on any atom is 0.340 e. The van der Waals surface area contributed by atoms with Gasteiger partial charge in [0.1, 0.15) is 5.82 Å². The van der Waals surface area contributed by atoms with Crippen molar-refractivity contribution in [1.29, 1.82) is 0 Å². The highest BCUT2D eigenvalue weighted by Gasteiger charge is 2.26. The molecule has 0 radical (unpaired) electrons. The number of hydrogen-bond acceptors (Lipinski definition) is 3. The van der Waals surface area contributed by atoms with E-state index in [1.807, 2.05) is 20.8 Å². The first-order valence-corrected chi connectivity index (χ1v) is 7.85. The third-order valence-electron chi connectivity index (χ3n) is 4.46. The van der Waals surface area contributed by atoms with Crippen LogP contribution in [-0.2, 0) is 9.53 Å². The Kier molecular flexibility index (Phi) is 6.69. The van der Waals surface area contributed by atoms with Gasteiger partial charge in [0.2, 0.25) is 0 Å². The fraction of sp³-hybridized carbons (Fsp3) is 0.529. The average Bonchev–Trinajstić information content (AvgIpc) is 2.54. The summed E-state index contributed by atoms with van der Waals surface area (Å²) in [5.74, 6) is -1.41. The van der Waals surface area contributed by atoms with Gasteiger partial charge < -0.3 is 14.5 Å². The second-order valence-electron chi connectivity index (χ2n) is 5.63. The Balaban J connectivity index is 3.09. The number of nitrogens with zero attached hydrogens (tertiary/aromatic N) is 1. The molecule has 23 heavy (non-hydrogen) atoms. The number of benzene rings is 1. The van der Waals surface area contributed by atoms with Crippen LogP contribution in [0.1, 0.15) is 36.7 Å². The van der Waals surface area contributed by atoms with Crippen molar-refractivity contribution < 1.29 is 23.2 Å². The number of nitrogens with one attached hydrogen (secondary N) is 1. The first kappa shape index (κ1) is 19.1. The molecule has 0 unspecified atom stereocenters.